The van der Waals surface area contributed by atoms with Crippen molar-refractivity contribution in [3.63, 3.8) is 0 Å². The number of benzene rings is 1. The molecule has 5 nitrogen and oxygen atoms in total. The van der Waals surface area contributed by atoms with Crippen molar-refractivity contribution in [2.45, 2.75) is 51.9 Å². The van der Waals surface area contributed by atoms with Crippen LogP contribution in [0.3, 0.4) is 0 Å². The van der Waals surface area contributed by atoms with Crippen LogP contribution in [0.5, 0.6) is 5.75 Å². The molecule has 22 heavy (non-hydrogen) atoms. The third-order valence-corrected chi connectivity index (χ3v) is 3.51. The van der Waals surface area contributed by atoms with Gasteiger partial charge in [-0.05, 0) is 45.4 Å². The minimum atomic E-state index is -0.467. The fourth-order valence-corrected chi connectivity index (χ4v) is 2.36. The second kappa shape index (κ2) is 6.57. The summed E-state index contributed by atoms with van der Waals surface area (Å²) in [7, 11) is 0. The van der Waals surface area contributed by atoms with Crippen LogP contribution >= 0.6 is 0 Å². The lowest BCUT2D eigenvalue weighted by Crippen LogP contribution is -2.36. The molecular formula is C17H26N2O3. The highest BCUT2D eigenvalue weighted by atomic mass is 16.6. The maximum Gasteiger partial charge on any atom is 0.410 e. The number of amides is 1. The van der Waals surface area contributed by atoms with E-state index in [0.29, 0.717) is 13.1 Å². The van der Waals surface area contributed by atoms with Gasteiger partial charge >= 0.3 is 6.09 Å². The van der Waals surface area contributed by atoms with Gasteiger partial charge in [0, 0.05) is 19.0 Å². The average Bonchev–Trinajstić information content (AvgIpc) is 2.86. The lowest BCUT2D eigenvalue weighted by atomic mass is 10.1. The number of hydrogen-bond donors (Lipinski definition) is 1. The molecule has 0 aromatic heterocycles. The number of carbonyl (C=O) groups excluding carboxylic acids is 1. The SMILES string of the molecule is C[C@@H](N)c1ccc(OC2CCN(C(=O)OC(C)(C)C)C2)cc1. The molecule has 1 aliphatic heterocycles. The smallest absolute Gasteiger partial charge is 0.410 e. The van der Waals surface area contributed by atoms with Gasteiger partial charge in [-0.25, -0.2) is 4.79 Å². The second-order valence-corrected chi connectivity index (χ2v) is 6.81. The number of nitrogens with zero attached hydrogens (tertiary/aromatic N) is 1. The molecule has 2 atom stereocenters. The first kappa shape index (κ1) is 16.6. The molecule has 0 saturated carbocycles. The van der Waals surface area contributed by atoms with E-state index in [4.69, 9.17) is 15.2 Å². The Morgan fingerprint density at radius 2 is 1.95 bits per heavy atom. The van der Waals surface area contributed by atoms with Crippen molar-refractivity contribution in [2.24, 2.45) is 5.73 Å². The molecule has 2 N–H and O–H groups in total. The van der Waals surface area contributed by atoms with Crippen LogP contribution in [0, 0.1) is 0 Å². The third kappa shape index (κ3) is 4.63. The highest BCUT2D eigenvalue weighted by Crippen LogP contribution is 2.22. The molecule has 0 bridgehead atoms. The van der Waals surface area contributed by atoms with Crippen LogP contribution in [0.1, 0.15) is 45.7 Å². The maximum atomic E-state index is 12.0. The van der Waals surface area contributed by atoms with E-state index in [-0.39, 0.29) is 18.2 Å². The van der Waals surface area contributed by atoms with Crippen molar-refractivity contribution in [3.8, 4) is 5.75 Å². The van der Waals surface area contributed by atoms with E-state index >= 15 is 0 Å². The summed E-state index contributed by atoms with van der Waals surface area (Å²) < 4.78 is 11.3. The van der Waals surface area contributed by atoms with Gasteiger partial charge < -0.3 is 20.1 Å². The first-order valence-corrected chi connectivity index (χ1v) is 7.75. The number of rotatable bonds is 3. The molecule has 1 unspecified atom stereocenters. The normalized spacial score (nSPS) is 19.9. The Balaban J connectivity index is 1.87. The predicted octanol–water partition coefficient (Wildman–Crippen LogP) is 3.09. The summed E-state index contributed by atoms with van der Waals surface area (Å²) in [5.41, 5.74) is 6.44. The van der Waals surface area contributed by atoms with E-state index in [1.807, 2.05) is 52.0 Å². The Kier molecular flexibility index (Phi) is 4.96. The number of hydrogen-bond acceptors (Lipinski definition) is 4. The molecule has 122 valence electrons. The van der Waals surface area contributed by atoms with Crippen LogP contribution in [-0.2, 0) is 4.74 Å². The summed E-state index contributed by atoms with van der Waals surface area (Å²) in [6, 6.07) is 7.81. The molecule has 1 heterocycles. The summed E-state index contributed by atoms with van der Waals surface area (Å²) >= 11 is 0. The van der Waals surface area contributed by atoms with Gasteiger partial charge in [0.1, 0.15) is 17.5 Å². The van der Waals surface area contributed by atoms with Crippen LogP contribution in [0.4, 0.5) is 4.79 Å². The van der Waals surface area contributed by atoms with Gasteiger partial charge in [0.15, 0.2) is 0 Å². The molecule has 1 saturated heterocycles. The van der Waals surface area contributed by atoms with Crippen LogP contribution in [-0.4, -0.2) is 35.8 Å². The summed E-state index contributed by atoms with van der Waals surface area (Å²) in [5.74, 6) is 0.806. The van der Waals surface area contributed by atoms with E-state index in [1.54, 1.807) is 4.90 Å². The van der Waals surface area contributed by atoms with E-state index < -0.39 is 5.60 Å². The van der Waals surface area contributed by atoms with E-state index in [1.165, 1.54) is 0 Å². The van der Waals surface area contributed by atoms with Crippen LogP contribution in [0.15, 0.2) is 24.3 Å². The maximum absolute atomic E-state index is 12.0. The largest absolute Gasteiger partial charge is 0.489 e. The predicted molar refractivity (Wildman–Crippen MR) is 85.9 cm³/mol. The zero-order chi connectivity index (χ0) is 16.3. The van der Waals surface area contributed by atoms with Gasteiger partial charge in [0.05, 0.1) is 6.54 Å². The zero-order valence-electron chi connectivity index (χ0n) is 13.8. The van der Waals surface area contributed by atoms with Gasteiger partial charge in [0.2, 0.25) is 0 Å². The first-order chi connectivity index (χ1) is 10.2. The molecule has 1 aliphatic rings. The van der Waals surface area contributed by atoms with Gasteiger partial charge in [-0.15, -0.1) is 0 Å². The Morgan fingerprint density at radius 3 is 2.50 bits per heavy atom. The van der Waals surface area contributed by atoms with E-state index in [9.17, 15) is 4.79 Å². The minimum Gasteiger partial charge on any atom is -0.489 e. The summed E-state index contributed by atoms with van der Waals surface area (Å²) in [6.45, 7) is 8.78. The first-order valence-electron chi connectivity index (χ1n) is 7.75. The van der Waals surface area contributed by atoms with Gasteiger partial charge in [-0.2, -0.15) is 0 Å². The average molecular weight is 306 g/mol. The molecule has 0 spiro atoms. The number of likely N-dealkylation sites (tertiary alicyclic amines) is 1. The van der Waals surface area contributed by atoms with Crippen molar-refractivity contribution in [1.29, 1.82) is 0 Å². The van der Waals surface area contributed by atoms with Crippen molar-refractivity contribution in [3.05, 3.63) is 29.8 Å². The van der Waals surface area contributed by atoms with Crippen molar-refractivity contribution in [2.75, 3.05) is 13.1 Å². The topological polar surface area (TPSA) is 64.8 Å². The number of carbonyl (C=O) groups is 1. The Morgan fingerprint density at radius 1 is 1.32 bits per heavy atom. The van der Waals surface area contributed by atoms with Crippen molar-refractivity contribution >= 4 is 6.09 Å². The summed E-state index contributed by atoms with van der Waals surface area (Å²) in [5, 5.41) is 0. The Hall–Kier alpha value is -1.75. The molecule has 2 rings (SSSR count). The van der Waals surface area contributed by atoms with Crippen LogP contribution in [0.25, 0.3) is 0 Å². The fraction of sp³-hybridized carbons (Fsp3) is 0.588. The van der Waals surface area contributed by atoms with Crippen LogP contribution < -0.4 is 10.5 Å². The highest BCUT2D eigenvalue weighted by molar-refractivity contribution is 5.68. The molecular weight excluding hydrogens is 280 g/mol. The van der Waals surface area contributed by atoms with Gasteiger partial charge in [-0.1, -0.05) is 12.1 Å². The summed E-state index contributed by atoms with van der Waals surface area (Å²) in [6.07, 6.45) is 0.549. The van der Waals surface area contributed by atoms with Crippen LogP contribution in [0.2, 0.25) is 0 Å². The standard InChI is InChI=1S/C17H26N2O3/c1-12(18)13-5-7-14(8-6-13)21-15-9-10-19(11-15)16(20)22-17(2,3)4/h5-8,12,15H,9-11,18H2,1-4H3/t12-,15?/m1/s1. The van der Waals surface area contributed by atoms with E-state index in [2.05, 4.69) is 0 Å². The quantitative estimate of drug-likeness (QED) is 0.932. The second-order valence-electron chi connectivity index (χ2n) is 6.81. The Labute approximate surface area is 132 Å². The molecule has 1 aromatic carbocycles. The number of ether oxygens (including phenoxy) is 2. The molecule has 5 heteroatoms. The monoisotopic (exact) mass is 306 g/mol. The van der Waals surface area contributed by atoms with Gasteiger partial charge in [0.25, 0.3) is 0 Å². The minimum absolute atomic E-state index is 0.00803. The molecule has 0 radical (unpaired) electrons. The zero-order valence-corrected chi connectivity index (χ0v) is 13.8. The Bertz CT molecular complexity index is 506. The highest BCUT2D eigenvalue weighted by Gasteiger charge is 2.30. The molecule has 1 amide bonds. The van der Waals surface area contributed by atoms with Crippen molar-refractivity contribution < 1.29 is 14.3 Å². The lowest BCUT2D eigenvalue weighted by molar-refractivity contribution is 0.0275. The lowest BCUT2D eigenvalue weighted by Gasteiger charge is -2.24. The molecule has 0 aliphatic carbocycles. The molecule has 1 aromatic rings. The molecule has 1 fully saturated rings. The van der Waals surface area contributed by atoms with E-state index in [0.717, 1.165) is 17.7 Å². The van der Waals surface area contributed by atoms with Gasteiger partial charge in [-0.3, -0.25) is 0 Å². The third-order valence-electron chi connectivity index (χ3n) is 3.51. The fourth-order valence-electron chi connectivity index (χ4n) is 2.36. The summed E-state index contributed by atoms with van der Waals surface area (Å²) in [4.78, 5) is 13.7. The van der Waals surface area contributed by atoms with Crippen molar-refractivity contribution in [1.82, 2.24) is 4.90 Å². The number of nitrogens with two attached hydrogens (primary N) is 1.